The molecule has 1 amide bonds. The highest BCUT2D eigenvalue weighted by Crippen LogP contribution is 2.13. The van der Waals surface area contributed by atoms with Crippen LogP contribution in [0.25, 0.3) is 0 Å². The van der Waals surface area contributed by atoms with Crippen molar-refractivity contribution in [2.24, 2.45) is 0 Å². The Balaban J connectivity index is 2.10. The molecule has 0 unspecified atom stereocenters. The molecule has 0 aliphatic carbocycles. The van der Waals surface area contributed by atoms with E-state index in [2.05, 4.69) is 15.5 Å². The van der Waals surface area contributed by atoms with Crippen LogP contribution in [-0.4, -0.2) is 29.2 Å². The minimum absolute atomic E-state index is 0.0212. The maximum absolute atomic E-state index is 13.5. The number of rotatable bonds is 5. The Morgan fingerprint density at radius 2 is 1.86 bits per heavy atom. The van der Waals surface area contributed by atoms with Gasteiger partial charge in [-0.15, -0.1) is 10.2 Å². The van der Waals surface area contributed by atoms with Crippen LogP contribution in [0.15, 0.2) is 36.4 Å². The standard InChI is InChI=1S/C15H17FN4O/c1-3-20(4-2)14-10-9-13(18-19-14)17-15(21)11-7-5-6-8-12(11)16/h5-10H,3-4H2,1-2H3,(H,17,18,21). The van der Waals surface area contributed by atoms with Gasteiger partial charge in [-0.2, -0.15) is 0 Å². The Hall–Kier alpha value is -2.50. The Labute approximate surface area is 122 Å². The van der Waals surface area contributed by atoms with Crippen molar-refractivity contribution in [3.63, 3.8) is 0 Å². The van der Waals surface area contributed by atoms with Crippen LogP contribution in [0, 0.1) is 5.82 Å². The summed E-state index contributed by atoms with van der Waals surface area (Å²) < 4.78 is 13.5. The number of carbonyl (C=O) groups excluding carboxylic acids is 1. The molecule has 1 aromatic heterocycles. The summed E-state index contributed by atoms with van der Waals surface area (Å²) in [6.07, 6.45) is 0. The third kappa shape index (κ3) is 3.53. The summed E-state index contributed by atoms with van der Waals surface area (Å²) in [5, 5.41) is 10.5. The molecule has 1 N–H and O–H groups in total. The first-order chi connectivity index (χ1) is 10.2. The van der Waals surface area contributed by atoms with Crippen LogP contribution in [0.2, 0.25) is 0 Å². The van der Waals surface area contributed by atoms with Gasteiger partial charge in [0.1, 0.15) is 5.82 Å². The fourth-order valence-corrected chi connectivity index (χ4v) is 1.94. The molecular formula is C15H17FN4O. The predicted octanol–water partition coefficient (Wildman–Crippen LogP) is 2.71. The summed E-state index contributed by atoms with van der Waals surface area (Å²) in [7, 11) is 0. The molecule has 6 heteroatoms. The number of nitrogens with zero attached hydrogens (tertiary/aromatic N) is 3. The third-order valence-electron chi connectivity index (χ3n) is 3.10. The lowest BCUT2D eigenvalue weighted by Crippen LogP contribution is -2.23. The Kier molecular flexibility index (Phi) is 4.81. The van der Waals surface area contributed by atoms with E-state index in [0.717, 1.165) is 18.9 Å². The van der Waals surface area contributed by atoms with Crippen LogP contribution in [0.4, 0.5) is 16.0 Å². The molecule has 0 aliphatic rings. The van der Waals surface area contributed by atoms with Gasteiger partial charge in [0.05, 0.1) is 5.56 Å². The molecule has 0 radical (unpaired) electrons. The second-order valence-electron chi connectivity index (χ2n) is 4.38. The first kappa shape index (κ1) is 14.9. The highest BCUT2D eigenvalue weighted by atomic mass is 19.1. The molecule has 110 valence electrons. The molecule has 0 aliphatic heterocycles. The van der Waals surface area contributed by atoms with Crippen molar-refractivity contribution in [3.05, 3.63) is 47.8 Å². The molecule has 1 aromatic carbocycles. The van der Waals surface area contributed by atoms with Gasteiger partial charge in [-0.25, -0.2) is 4.39 Å². The van der Waals surface area contributed by atoms with Crippen LogP contribution >= 0.6 is 0 Å². The third-order valence-corrected chi connectivity index (χ3v) is 3.10. The van der Waals surface area contributed by atoms with Gasteiger partial charge in [-0.05, 0) is 38.1 Å². The molecule has 0 fully saturated rings. The van der Waals surface area contributed by atoms with Crippen molar-refractivity contribution in [1.29, 1.82) is 0 Å². The fourth-order valence-electron chi connectivity index (χ4n) is 1.94. The van der Waals surface area contributed by atoms with Crippen molar-refractivity contribution in [2.45, 2.75) is 13.8 Å². The van der Waals surface area contributed by atoms with E-state index in [1.807, 2.05) is 18.7 Å². The van der Waals surface area contributed by atoms with Crippen LogP contribution in [0.5, 0.6) is 0 Å². The summed E-state index contributed by atoms with van der Waals surface area (Å²) in [5.41, 5.74) is -0.0212. The van der Waals surface area contributed by atoms with Gasteiger partial charge >= 0.3 is 0 Å². The molecule has 0 atom stereocenters. The minimum Gasteiger partial charge on any atom is -0.356 e. The van der Waals surface area contributed by atoms with Gasteiger partial charge < -0.3 is 10.2 Å². The smallest absolute Gasteiger partial charge is 0.259 e. The second-order valence-corrected chi connectivity index (χ2v) is 4.38. The highest BCUT2D eigenvalue weighted by molar-refractivity contribution is 6.03. The number of hydrogen-bond donors (Lipinski definition) is 1. The number of benzene rings is 1. The van der Waals surface area contributed by atoms with Crippen LogP contribution in [0.3, 0.4) is 0 Å². The molecule has 21 heavy (non-hydrogen) atoms. The van der Waals surface area contributed by atoms with Gasteiger partial charge in [0.15, 0.2) is 11.6 Å². The zero-order valence-corrected chi connectivity index (χ0v) is 12.0. The molecule has 0 saturated carbocycles. The lowest BCUT2D eigenvalue weighted by Gasteiger charge is -2.18. The number of anilines is 2. The van der Waals surface area contributed by atoms with Gasteiger partial charge in [0, 0.05) is 13.1 Å². The molecular weight excluding hydrogens is 271 g/mol. The van der Waals surface area contributed by atoms with Crippen molar-refractivity contribution in [2.75, 3.05) is 23.3 Å². The Morgan fingerprint density at radius 3 is 2.43 bits per heavy atom. The average molecular weight is 288 g/mol. The van der Waals surface area contributed by atoms with E-state index in [1.165, 1.54) is 18.2 Å². The largest absolute Gasteiger partial charge is 0.356 e. The number of amides is 1. The van der Waals surface area contributed by atoms with E-state index in [9.17, 15) is 9.18 Å². The molecule has 2 rings (SSSR count). The minimum atomic E-state index is -0.567. The first-order valence-electron chi connectivity index (χ1n) is 6.80. The van der Waals surface area contributed by atoms with Crippen molar-refractivity contribution < 1.29 is 9.18 Å². The normalized spacial score (nSPS) is 10.2. The molecule has 1 heterocycles. The number of carbonyl (C=O) groups is 1. The summed E-state index contributed by atoms with van der Waals surface area (Å²) in [6, 6.07) is 9.22. The lowest BCUT2D eigenvalue weighted by molar-refractivity contribution is 0.102. The van der Waals surface area contributed by atoms with Gasteiger partial charge in [0.2, 0.25) is 0 Å². The summed E-state index contributed by atoms with van der Waals surface area (Å²) in [5.74, 6) is -0.0799. The van der Waals surface area contributed by atoms with Gasteiger partial charge in [-0.1, -0.05) is 12.1 Å². The van der Waals surface area contributed by atoms with Crippen LogP contribution in [0.1, 0.15) is 24.2 Å². The number of hydrogen-bond acceptors (Lipinski definition) is 4. The Morgan fingerprint density at radius 1 is 1.14 bits per heavy atom. The zero-order valence-electron chi connectivity index (χ0n) is 12.0. The number of nitrogens with one attached hydrogen (secondary N) is 1. The lowest BCUT2D eigenvalue weighted by atomic mass is 10.2. The molecule has 5 nitrogen and oxygen atoms in total. The van der Waals surface area contributed by atoms with Crippen LogP contribution in [-0.2, 0) is 0 Å². The van der Waals surface area contributed by atoms with E-state index in [4.69, 9.17) is 0 Å². The quantitative estimate of drug-likeness (QED) is 0.919. The highest BCUT2D eigenvalue weighted by Gasteiger charge is 2.12. The monoisotopic (exact) mass is 288 g/mol. The van der Waals surface area contributed by atoms with Crippen molar-refractivity contribution in [1.82, 2.24) is 10.2 Å². The number of halogens is 1. The first-order valence-corrected chi connectivity index (χ1v) is 6.80. The van der Waals surface area contributed by atoms with E-state index >= 15 is 0 Å². The Bertz CT molecular complexity index is 611. The van der Waals surface area contributed by atoms with Crippen molar-refractivity contribution in [3.8, 4) is 0 Å². The summed E-state index contributed by atoms with van der Waals surface area (Å²) >= 11 is 0. The molecule has 0 saturated heterocycles. The van der Waals surface area contributed by atoms with E-state index in [-0.39, 0.29) is 5.56 Å². The van der Waals surface area contributed by atoms with E-state index < -0.39 is 11.7 Å². The zero-order chi connectivity index (χ0) is 15.2. The predicted molar refractivity (Wildman–Crippen MR) is 79.9 cm³/mol. The fraction of sp³-hybridized carbons (Fsp3) is 0.267. The second kappa shape index (κ2) is 6.78. The maximum Gasteiger partial charge on any atom is 0.259 e. The molecule has 0 spiro atoms. The van der Waals surface area contributed by atoms with E-state index in [0.29, 0.717) is 5.82 Å². The van der Waals surface area contributed by atoms with Crippen LogP contribution < -0.4 is 10.2 Å². The number of aromatic nitrogens is 2. The van der Waals surface area contributed by atoms with Crippen molar-refractivity contribution >= 4 is 17.5 Å². The summed E-state index contributed by atoms with van der Waals surface area (Å²) in [4.78, 5) is 14.0. The van der Waals surface area contributed by atoms with Gasteiger partial charge in [0.25, 0.3) is 5.91 Å². The van der Waals surface area contributed by atoms with Gasteiger partial charge in [-0.3, -0.25) is 4.79 Å². The van der Waals surface area contributed by atoms with E-state index in [1.54, 1.807) is 18.2 Å². The molecule has 2 aromatic rings. The maximum atomic E-state index is 13.5. The topological polar surface area (TPSA) is 58.1 Å². The summed E-state index contributed by atoms with van der Waals surface area (Å²) in [6.45, 7) is 5.70. The molecule has 0 bridgehead atoms. The average Bonchev–Trinajstić information content (AvgIpc) is 2.50. The SMILES string of the molecule is CCN(CC)c1ccc(NC(=O)c2ccccc2F)nn1.